The minimum atomic E-state index is -0.620. The molecule has 0 amide bonds. The molecule has 0 aromatic heterocycles. The van der Waals surface area contributed by atoms with Gasteiger partial charge in [0.25, 0.3) is 0 Å². The SMILES string of the molecule is CC1(C)CC(F)CN1. The molecule has 1 aliphatic rings. The smallest absolute Gasteiger partial charge is 0.114 e. The second kappa shape index (κ2) is 1.69. The molecule has 0 aromatic rings. The summed E-state index contributed by atoms with van der Waals surface area (Å²) in [6, 6.07) is 0. The zero-order valence-electron chi connectivity index (χ0n) is 5.37. The monoisotopic (exact) mass is 117 g/mol. The minimum absolute atomic E-state index is 0.0411. The lowest BCUT2D eigenvalue weighted by molar-refractivity contribution is 0.340. The molecule has 48 valence electrons. The van der Waals surface area contributed by atoms with Gasteiger partial charge in [-0.2, -0.15) is 0 Å². The molecule has 1 aliphatic heterocycles. The summed E-state index contributed by atoms with van der Waals surface area (Å²) in [4.78, 5) is 0. The highest BCUT2D eigenvalue weighted by Gasteiger charge is 2.29. The molecule has 1 fully saturated rings. The van der Waals surface area contributed by atoms with E-state index in [1.54, 1.807) is 0 Å². The van der Waals surface area contributed by atoms with Crippen LogP contribution in [0.15, 0.2) is 0 Å². The molecular weight excluding hydrogens is 105 g/mol. The molecule has 0 aliphatic carbocycles. The molecule has 1 N–H and O–H groups in total. The van der Waals surface area contributed by atoms with Crippen LogP contribution in [0, 0.1) is 0 Å². The van der Waals surface area contributed by atoms with Crippen molar-refractivity contribution in [3.8, 4) is 0 Å². The highest BCUT2D eigenvalue weighted by Crippen LogP contribution is 2.19. The lowest BCUT2D eigenvalue weighted by Crippen LogP contribution is -2.31. The predicted octanol–water partition coefficient (Wildman–Crippen LogP) is 1.10. The Balaban J connectivity index is 2.44. The Morgan fingerprint density at radius 1 is 1.62 bits per heavy atom. The standard InChI is InChI=1S/C6H12FN/c1-6(2)3-5(7)4-8-6/h5,8H,3-4H2,1-2H3. The van der Waals surface area contributed by atoms with Gasteiger partial charge in [0.05, 0.1) is 0 Å². The van der Waals surface area contributed by atoms with E-state index < -0.39 is 6.17 Å². The van der Waals surface area contributed by atoms with Gasteiger partial charge in [0, 0.05) is 12.1 Å². The molecule has 0 aromatic carbocycles. The Kier molecular flexibility index (Phi) is 1.27. The summed E-state index contributed by atoms with van der Waals surface area (Å²) < 4.78 is 12.4. The van der Waals surface area contributed by atoms with Gasteiger partial charge in [0.15, 0.2) is 0 Å². The van der Waals surface area contributed by atoms with Gasteiger partial charge < -0.3 is 5.32 Å². The molecule has 0 radical (unpaired) electrons. The normalized spacial score (nSPS) is 35.6. The predicted molar refractivity (Wildman–Crippen MR) is 31.6 cm³/mol. The average Bonchev–Trinajstić information content (AvgIpc) is 1.82. The third kappa shape index (κ3) is 1.19. The second-order valence-corrected chi connectivity index (χ2v) is 3.07. The summed E-state index contributed by atoms with van der Waals surface area (Å²) in [7, 11) is 0. The molecule has 1 rings (SSSR count). The Labute approximate surface area is 49.3 Å². The second-order valence-electron chi connectivity index (χ2n) is 3.07. The van der Waals surface area contributed by atoms with Crippen LogP contribution in [0.1, 0.15) is 20.3 Å². The van der Waals surface area contributed by atoms with Crippen LogP contribution in [0.3, 0.4) is 0 Å². The molecule has 0 saturated carbocycles. The number of halogens is 1. The lowest BCUT2D eigenvalue weighted by atomic mass is 10.0. The van der Waals surface area contributed by atoms with Crippen molar-refractivity contribution in [1.82, 2.24) is 5.32 Å². The number of alkyl halides is 1. The van der Waals surface area contributed by atoms with Crippen LogP contribution in [0.2, 0.25) is 0 Å². The van der Waals surface area contributed by atoms with Crippen molar-refractivity contribution in [2.75, 3.05) is 6.54 Å². The van der Waals surface area contributed by atoms with Crippen molar-refractivity contribution >= 4 is 0 Å². The zero-order valence-corrected chi connectivity index (χ0v) is 5.37. The third-order valence-corrected chi connectivity index (χ3v) is 1.53. The van der Waals surface area contributed by atoms with Crippen LogP contribution in [-0.4, -0.2) is 18.3 Å². The topological polar surface area (TPSA) is 12.0 Å². The van der Waals surface area contributed by atoms with Crippen molar-refractivity contribution in [1.29, 1.82) is 0 Å². The maximum absolute atomic E-state index is 12.4. The maximum atomic E-state index is 12.4. The molecule has 0 bridgehead atoms. The van der Waals surface area contributed by atoms with Crippen molar-refractivity contribution in [2.24, 2.45) is 0 Å². The van der Waals surface area contributed by atoms with Crippen LogP contribution in [0.5, 0.6) is 0 Å². The van der Waals surface area contributed by atoms with Gasteiger partial charge >= 0.3 is 0 Å². The van der Waals surface area contributed by atoms with Crippen molar-refractivity contribution in [2.45, 2.75) is 32.0 Å². The zero-order chi connectivity index (χ0) is 6.20. The van der Waals surface area contributed by atoms with Crippen LogP contribution in [0.4, 0.5) is 4.39 Å². The van der Waals surface area contributed by atoms with E-state index in [9.17, 15) is 4.39 Å². The summed E-state index contributed by atoms with van der Waals surface area (Å²) in [5.74, 6) is 0. The maximum Gasteiger partial charge on any atom is 0.114 e. The van der Waals surface area contributed by atoms with E-state index in [1.807, 2.05) is 13.8 Å². The molecule has 1 heterocycles. The Hall–Kier alpha value is -0.110. The van der Waals surface area contributed by atoms with Gasteiger partial charge in [0.1, 0.15) is 6.17 Å². The van der Waals surface area contributed by atoms with Crippen molar-refractivity contribution < 1.29 is 4.39 Å². The molecule has 8 heavy (non-hydrogen) atoms. The van der Waals surface area contributed by atoms with Gasteiger partial charge in [-0.15, -0.1) is 0 Å². The van der Waals surface area contributed by atoms with Crippen LogP contribution in [0.25, 0.3) is 0 Å². The number of nitrogens with one attached hydrogen (secondary N) is 1. The largest absolute Gasteiger partial charge is 0.309 e. The van der Waals surface area contributed by atoms with Gasteiger partial charge in [-0.1, -0.05) is 0 Å². The number of hydrogen-bond acceptors (Lipinski definition) is 1. The summed E-state index contributed by atoms with van der Waals surface area (Å²) in [5.41, 5.74) is 0.0411. The molecule has 1 unspecified atom stereocenters. The lowest BCUT2D eigenvalue weighted by Gasteiger charge is -2.15. The van der Waals surface area contributed by atoms with E-state index in [1.165, 1.54) is 0 Å². The molecule has 2 heteroatoms. The molecule has 1 saturated heterocycles. The first-order valence-electron chi connectivity index (χ1n) is 2.99. The van der Waals surface area contributed by atoms with E-state index in [0.717, 1.165) is 0 Å². The highest BCUT2D eigenvalue weighted by molar-refractivity contribution is 4.89. The Morgan fingerprint density at radius 2 is 2.25 bits per heavy atom. The fourth-order valence-electron chi connectivity index (χ4n) is 1.09. The Bertz CT molecular complexity index is 90.5. The Morgan fingerprint density at radius 3 is 2.38 bits per heavy atom. The van der Waals surface area contributed by atoms with Crippen molar-refractivity contribution in [3.63, 3.8) is 0 Å². The molecular formula is C6H12FN. The fourth-order valence-corrected chi connectivity index (χ4v) is 1.09. The van der Waals surface area contributed by atoms with E-state index in [0.29, 0.717) is 13.0 Å². The summed E-state index contributed by atoms with van der Waals surface area (Å²) in [5, 5.41) is 3.07. The van der Waals surface area contributed by atoms with Gasteiger partial charge in [-0.05, 0) is 20.3 Å². The van der Waals surface area contributed by atoms with E-state index in [4.69, 9.17) is 0 Å². The van der Waals surface area contributed by atoms with E-state index in [2.05, 4.69) is 5.32 Å². The highest BCUT2D eigenvalue weighted by atomic mass is 19.1. The van der Waals surface area contributed by atoms with E-state index >= 15 is 0 Å². The fraction of sp³-hybridized carbons (Fsp3) is 1.00. The third-order valence-electron chi connectivity index (χ3n) is 1.53. The van der Waals surface area contributed by atoms with Crippen LogP contribution in [-0.2, 0) is 0 Å². The summed E-state index contributed by atoms with van der Waals surface area (Å²) in [6.07, 6.45) is 0.0394. The van der Waals surface area contributed by atoms with Crippen LogP contribution < -0.4 is 5.32 Å². The van der Waals surface area contributed by atoms with Gasteiger partial charge in [0.2, 0.25) is 0 Å². The summed E-state index contributed by atoms with van der Waals surface area (Å²) >= 11 is 0. The summed E-state index contributed by atoms with van der Waals surface area (Å²) in [6.45, 7) is 4.58. The quantitative estimate of drug-likeness (QED) is 0.501. The molecule has 0 spiro atoms. The average molecular weight is 117 g/mol. The van der Waals surface area contributed by atoms with Gasteiger partial charge in [-0.25, -0.2) is 4.39 Å². The molecule has 1 atom stereocenters. The first-order valence-corrected chi connectivity index (χ1v) is 2.99. The van der Waals surface area contributed by atoms with Crippen LogP contribution >= 0.6 is 0 Å². The van der Waals surface area contributed by atoms with Crippen molar-refractivity contribution in [3.05, 3.63) is 0 Å². The minimum Gasteiger partial charge on any atom is -0.309 e. The first kappa shape index (κ1) is 6.02. The number of hydrogen-bond donors (Lipinski definition) is 1. The van der Waals surface area contributed by atoms with Gasteiger partial charge in [-0.3, -0.25) is 0 Å². The molecule has 1 nitrogen and oxygen atoms in total. The number of rotatable bonds is 0. The van der Waals surface area contributed by atoms with E-state index in [-0.39, 0.29) is 5.54 Å². The first-order chi connectivity index (χ1) is 3.60.